The Labute approximate surface area is 121 Å². The summed E-state index contributed by atoms with van der Waals surface area (Å²) in [6, 6.07) is 6.32. The van der Waals surface area contributed by atoms with Crippen molar-refractivity contribution in [2.45, 2.75) is 39.2 Å². The smallest absolute Gasteiger partial charge is 0.161 e. The van der Waals surface area contributed by atoms with Crippen LogP contribution < -0.4 is 9.47 Å². The summed E-state index contributed by atoms with van der Waals surface area (Å²) in [6.45, 7) is 6.24. The Morgan fingerprint density at radius 2 is 2.05 bits per heavy atom. The van der Waals surface area contributed by atoms with Crippen molar-refractivity contribution >= 4 is 0 Å². The van der Waals surface area contributed by atoms with Crippen molar-refractivity contribution in [3.8, 4) is 11.5 Å². The van der Waals surface area contributed by atoms with Gasteiger partial charge in [0, 0.05) is 13.1 Å². The molecule has 2 fully saturated rings. The third-order valence-electron chi connectivity index (χ3n) is 4.87. The van der Waals surface area contributed by atoms with Gasteiger partial charge in [0.2, 0.25) is 0 Å². The van der Waals surface area contributed by atoms with Crippen molar-refractivity contribution in [2.24, 2.45) is 5.41 Å². The first-order valence-electron chi connectivity index (χ1n) is 7.77. The second kappa shape index (κ2) is 5.65. The van der Waals surface area contributed by atoms with Gasteiger partial charge in [-0.05, 0) is 55.8 Å². The molecule has 1 saturated heterocycles. The molecule has 2 aliphatic rings. The summed E-state index contributed by atoms with van der Waals surface area (Å²) in [5.41, 5.74) is 2.00. The Morgan fingerprint density at radius 3 is 2.65 bits per heavy atom. The summed E-state index contributed by atoms with van der Waals surface area (Å²) in [6.07, 6.45) is 5.71. The summed E-state index contributed by atoms with van der Waals surface area (Å²) in [4.78, 5) is 2.59. The molecule has 3 nitrogen and oxygen atoms in total. The largest absolute Gasteiger partial charge is 0.493 e. The van der Waals surface area contributed by atoms with Crippen LogP contribution in [0.15, 0.2) is 18.2 Å². The monoisotopic (exact) mass is 275 g/mol. The van der Waals surface area contributed by atoms with Crippen molar-refractivity contribution in [2.75, 3.05) is 26.8 Å². The summed E-state index contributed by atoms with van der Waals surface area (Å²) in [5, 5.41) is 0. The van der Waals surface area contributed by atoms with Gasteiger partial charge in [-0.15, -0.1) is 0 Å². The summed E-state index contributed by atoms with van der Waals surface area (Å²) in [5.74, 6) is 1.69. The molecule has 1 heterocycles. The second-order valence-corrected chi connectivity index (χ2v) is 6.23. The summed E-state index contributed by atoms with van der Waals surface area (Å²) >= 11 is 0. The zero-order valence-electron chi connectivity index (χ0n) is 12.7. The summed E-state index contributed by atoms with van der Waals surface area (Å²) in [7, 11) is 1.69. The van der Waals surface area contributed by atoms with Crippen LogP contribution in [-0.2, 0) is 6.54 Å². The minimum atomic E-state index is 0.673. The fourth-order valence-corrected chi connectivity index (χ4v) is 3.59. The van der Waals surface area contributed by atoms with Crippen LogP contribution in [0.5, 0.6) is 11.5 Å². The molecular formula is C17H25NO2. The molecule has 1 saturated carbocycles. The lowest BCUT2D eigenvalue weighted by Crippen LogP contribution is -2.32. The number of hydrogen-bond acceptors (Lipinski definition) is 3. The zero-order valence-corrected chi connectivity index (χ0v) is 12.7. The Hall–Kier alpha value is -1.22. The molecule has 3 heteroatoms. The van der Waals surface area contributed by atoms with E-state index in [4.69, 9.17) is 9.47 Å². The lowest BCUT2D eigenvalue weighted by Gasteiger charge is -2.38. The van der Waals surface area contributed by atoms with Crippen LogP contribution in [0.1, 0.15) is 38.2 Å². The minimum absolute atomic E-state index is 0.673. The first kappa shape index (κ1) is 13.7. The Balaban J connectivity index is 1.66. The highest BCUT2D eigenvalue weighted by Gasteiger charge is 2.42. The fourth-order valence-electron chi connectivity index (χ4n) is 3.59. The number of hydrogen-bond donors (Lipinski definition) is 0. The molecule has 0 atom stereocenters. The molecule has 110 valence electrons. The lowest BCUT2D eigenvalue weighted by atomic mass is 9.68. The molecule has 1 spiro atoms. The predicted molar refractivity (Wildman–Crippen MR) is 80.3 cm³/mol. The quantitative estimate of drug-likeness (QED) is 0.821. The average Bonchev–Trinajstić information content (AvgIpc) is 2.84. The topological polar surface area (TPSA) is 21.7 Å². The predicted octanol–water partition coefficient (Wildman–Crippen LogP) is 3.47. The van der Waals surface area contributed by atoms with E-state index in [-0.39, 0.29) is 0 Å². The molecule has 0 bridgehead atoms. The number of nitrogens with zero attached hydrogens (tertiary/aromatic N) is 1. The van der Waals surface area contributed by atoms with Crippen LogP contribution in [0.3, 0.4) is 0 Å². The molecule has 0 aromatic heterocycles. The van der Waals surface area contributed by atoms with Gasteiger partial charge in [0.05, 0.1) is 13.7 Å². The molecule has 0 unspecified atom stereocenters. The minimum Gasteiger partial charge on any atom is -0.493 e. The van der Waals surface area contributed by atoms with Gasteiger partial charge in [-0.2, -0.15) is 0 Å². The van der Waals surface area contributed by atoms with Crippen molar-refractivity contribution < 1.29 is 9.47 Å². The van der Waals surface area contributed by atoms with Gasteiger partial charge >= 0.3 is 0 Å². The van der Waals surface area contributed by atoms with Crippen LogP contribution >= 0.6 is 0 Å². The summed E-state index contributed by atoms with van der Waals surface area (Å²) < 4.78 is 11.0. The van der Waals surface area contributed by atoms with Gasteiger partial charge < -0.3 is 9.47 Å². The maximum absolute atomic E-state index is 5.66. The van der Waals surface area contributed by atoms with Crippen LogP contribution in [0, 0.1) is 5.41 Å². The molecule has 1 aliphatic heterocycles. The van der Waals surface area contributed by atoms with Crippen molar-refractivity contribution in [3.63, 3.8) is 0 Å². The van der Waals surface area contributed by atoms with E-state index in [1.807, 2.05) is 13.0 Å². The molecule has 1 aliphatic carbocycles. The standard InChI is InChI=1S/C17H25NO2/c1-3-20-16-11-14(5-6-15(16)19-2)12-18-10-9-17(13-18)7-4-8-17/h5-6,11H,3-4,7-10,12-13H2,1-2H3. The normalized spacial score (nSPS) is 20.9. The van der Waals surface area contributed by atoms with Crippen molar-refractivity contribution in [3.05, 3.63) is 23.8 Å². The first-order valence-corrected chi connectivity index (χ1v) is 7.77. The van der Waals surface area contributed by atoms with Crippen LogP contribution in [-0.4, -0.2) is 31.7 Å². The zero-order chi connectivity index (χ0) is 14.0. The Kier molecular flexibility index (Phi) is 3.88. The number of ether oxygens (including phenoxy) is 2. The van der Waals surface area contributed by atoms with E-state index < -0.39 is 0 Å². The maximum Gasteiger partial charge on any atom is 0.161 e. The third kappa shape index (κ3) is 2.64. The molecule has 1 aromatic carbocycles. The van der Waals surface area contributed by atoms with Gasteiger partial charge in [0.15, 0.2) is 11.5 Å². The number of rotatable bonds is 5. The number of methoxy groups -OCH3 is 1. The van der Waals surface area contributed by atoms with E-state index in [9.17, 15) is 0 Å². The maximum atomic E-state index is 5.66. The third-order valence-corrected chi connectivity index (χ3v) is 4.87. The number of benzene rings is 1. The molecule has 3 rings (SSSR count). The van der Waals surface area contributed by atoms with Crippen molar-refractivity contribution in [1.29, 1.82) is 0 Å². The van der Waals surface area contributed by atoms with E-state index in [1.54, 1.807) is 7.11 Å². The molecule has 0 amide bonds. The Morgan fingerprint density at radius 1 is 1.20 bits per heavy atom. The van der Waals surface area contributed by atoms with Gasteiger partial charge in [0.25, 0.3) is 0 Å². The van der Waals surface area contributed by atoms with E-state index in [0.29, 0.717) is 12.0 Å². The molecule has 0 radical (unpaired) electrons. The Bertz CT molecular complexity index is 468. The van der Waals surface area contributed by atoms with Gasteiger partial charge in [-0.25, -0.2) is 0 Å². The second-order valence-electron chi connectivity index (χ2n) is 6.23. The van der Waals surface area contributed by atoms with E-state index in [2.05, 4.69) is 17.0 Å². The van der Waals surface area contributed by atoms with Crippen LogP contribution in [0.2, 0.25) is 0 Å². The van der Waals surface area contributed by atoms with Gasteiger partial charge in [0.1, 0.15) is 0 Å². The van der Waals surface area contributed by atoms with E-state index in [1.165, 1.54) is 44.3 Å². The van der Waals surface area contributed by atoms with E-state index >= 15 is 0 Å². The first-order chi connectivity index (χ1) is 9.74. The highest BCUT2D eigenvalue weighted by atomic mass is 16.5. The highest BCUT2D eigenvalue weighted by molar-refractivity contribution is 5.43. The highest BCUT2D eigenvalue weighted by Crippen LogP contribution is 2.48. The van der Waals surface area contributed by atoms with Gasteiger partial charge in [-0.3, -0.25) is 4.90 Å². The molecular weight excluding hydrogens is 250 g/mol. The number of likely N-dealkylation sites (tertiary alicyclic amines) is 1. The molecule has 0 N–H and O–H groups in total. The van der Waals surface area contributed by atoms with E-state index in [0.717, 1.165) is 18.0 Å². The average molecular weight is 275 g/mol. The molecule has 20 heavy (non-hydrogen) atoms. The van der Waals surface area contributed by atoms with Crippen LogP contribution in [0.4, 0.5) is 0 Å². The van der Waals surface area contributed by atoms with Gasteiger partial charge in [-0.1, -0.05) is 12.5 Å². The van der Waals surface area contributed by atoms with Crippen LogP contribution in [0.25, 0.3) is 0 Å². The lowest BCUT2D eigenvalue weighted by molar-refractivity contribution is 0.137. The SMILES string of the molecule is CCOc1cc(CN2CCC3(CCC3)C2)ccc1OC. The molecule has 1 aromatic rings. The fraction of sp³-hybridized carbons (Fsp3) is 0.647. The van der Waals surface area contributed by atoms with Crippen molar-refractivity contribution in [1.82, 2.24) is 4.90 Å².